The molecule has 1 aromatic carbocycles. The van der Waals surface area contributed by atoms with Crippen LogP contribution in [-0.4, -0.2) is 14.8 Å². The van der Waals surface area contributed by atoms with Gasteiger partial charge >= 0.3 is 0 Å². The molecule has 0 amide bonds. The lowest BCUT2D eigenvalue weighted by atomic mass is 10.1. The minimum Gasteiger partial charge on any atom is -0.266 e. The Morgan fingerprint density at radius 3 is 2.53 bits per heavy atom. The van der Waals surface area contributed by atoms with Crippen molar-refractivity contribution in [3.05, 3.63) is 71.2 Å². The molecule has 0 aliphatic rings. The van der Waals surface area contributed by atoms with E-state index in [2.05, 4.69) is 38.1 Å². The van der Waals surface area contributed by atoms with E-state index in [1.54, 1.807) is 6.20 Å². The Morgan fingerprint density at radius 1 is 0.947 bits per heavy atom. The fourth-order valence-corrected chi connectivity index (χ4v) is 2.13. The van der Waals surface area contributed by atoms with Gasteiger partial charge in [0.25, 0.3) is 0 Å². The highest BCUT2D eigenvalue weighted by Gasteiger charge is 2.02. The first-order valence-electron chi connectivity index (χ1n) is 5.99. The van der Waals surface area contributed by atoms with Crippen molar-refractivity contribution in [2.75, 3.05) is 0 Å². The monoisotopic (exact) mass is 313 g/mol. The summed E-state index contributed by atoms with van der Waals surface area (Å²) in [5, 5.41) is 4.38. The Hall–Kier alpha value is -1.94. The van der Waals surface area contributed by atoms with E-state index >= 15 is 0 Å². The molecule has 0 fully saturated rings. The van der Waals surface area contributed by atoms with E-state index in [1.165, 1.54) is 5.56 Å². The van der Waals surface area contributed by atoms with Crippen molar-refractivity contribution < 1.29 is 0 Å². The second kappa shape index (κ2) is 5.36. The van der Waals surface area contributed by atoms with E-state index in [4.69, 9.17) is 0 Å². The Morgan fingerprint density at radius 2 is 1.79 bits per heavy atom. The highest BCUT2D eigenvalue weighted by atomic mass is 79.9. The number of nitrogens with zero attached hydrogens (tertiary/aromatic N) is 3. The molecule has 2 aromatic heterocycles. The van der Waals surface area contributed by atoms with Crippen LogP contribution in [0.15, 0.2) is 65.5 Å². The fraction of sp³-hybridized carbons (Fsp3) is 0.0667. The van der Waals surface area contributed by atoms with Crippen molar-refractivity contribution in [3.63, 3.8) is 0 Å². The first kappa shape index (κ1) is 12.1. The van der Waals surface area contributed by atoms with E-state index < -0.39 is 0 Å². The lowest BCUT2D eigenvalue weighted by Gasteiger charge is -2.01. The van der Waals surface area contributed by atoms with Crippen molar-refractivity contribution in [2.45, 2.75) is 6.54 Å². The topological polar surface area (TPSA) is 30.7 Å². The predicted molar refractivity (Wildman–Crippen MR) is 78.7 cm³/mol. The Bertz CT molecular complexity index is 659. The molecule has 3 nitrogen and oxygen atoms in total. The van der Waals surface area contributed by atoms with Gasteiger partial charge in [-0.25, -0.2) is 0 Å². The second-order valence-corrected chi connectivity index (χ2v) is 5.18. The molecule has 0 aliphatic heterocycles. The number of halogens is 1. The van der Waals surface area contributed by atoms with Crippen molar-refractivity contribution >= 4 is 15.9 Å². The summed E-state index contributed by atoms with van der Waals surface area (Å²) in [7, 11) is 0. The van der Waals surface area contributed by atoms with Crippen LogP contribution in [0.25, 0.3) is 11.1 Å². The summed E-state index contributed by atoms with van der Waals surface area (Å²) in [5.41, 5.74) is 3.29. The van der Waals surface area contributed by atoms with Crippen LogP contribution in [0.4, 0.5) is 0 Å². The molecule has 0 N–H and O–H groups in total. The highest BCUT2D eigenvalue weighted by molar-refractivity contribution is 9.10. The van der Waals surface area contributed by atoms with E-state index in [0.29, 0.717) is 6.54 Å². The molecule has 0 aliphatic carbocycles. The van der Waals surface area contributed by atoms with Gasteiger partial charge in [-0.05, 0) is 33.6 Å². The summed E-state index contributed by atoms with van der Waals surface area (Å²) in [6, 6.07) is 14.2. The minimum absolute atomic E-state index is 0.681. The number of hydrogen-bond donors (Lipinski definition) is 0. The first-order valence-corrected chi connectivity index (χ1v) is 6.79. The number of rotatable bonds is 3. The molecule has 0 saturated carbocycles. The third-order valence-electron chi connectivity index (χ3n) is 2.85. The fourth-order valence-electron chi connectivity index (χ4n) is 1.90. The molecule has 0 spiro atoms. The molecule has 3 rings (SSSR count). The Labute approximate surface area is 120 Å². The van der Waals surface area contributed by atoms with Crippen LogP contribution in [0.1, 0.15) is 5.69 Å². The van der Waals surface area contributed by atoms with E-state index in [1.807, 2.05) is 47.4 Å². The quantitative estimate of drug-likeness (QED) is 0.737. The van der Waals surface area contributed by atoms with E-state index in [-0.39, 0.29) is 0 Å². The van der Waals surface area contributed by atoms with Gasteiger partial charge in [-0.1, -0.05) is 30.3 Å². The predicted octanol–water partition coefficient (Wildman–Crippen LogP) is 3.76. The molecule has 0 saturated heterocycles. The molecule has 2 heterocycles. The third-order valence-corrected chi connectivity index (χ3v) is 3.32. The van der Waals surface area contributed by atoms with Gasteiger partial charge in [0, 0.05) is 22.4 Å². The van der Waals surface area contributed by atoms with E-state index in [9.17, 15) is 0 Å². The lowest BCUT2D eigenvalue weighted by Crippen LogP contribution is -2.01. The second-order valence-electron chi connectivity index (χ2n) is 4.26. The molecule has 0 unspecified atom stereocenters. The van der Waals surface area contributed by atoms with Crippen molar-refractivity contribution in [3.8, 4) is 11.1 Å². The van der Waals surface area contributed by atoms with Gasteiger partial charge in [0.15, 0.2) is 0 Å². The van der Waals surface area contributed by atoms with Crippen molar-refractivity contribution in [1.29, 1.82) is 0 Å². The highest BCUT2D eigenvalue weighted by Crippen LogP contribution is 2.18. The average molecular weight is 314 g/mol. The number of pyridine rings is 1. The third kappa shape index (κ3) is 2.90. The molecule has 19 heavy (non-hydrogen) atoms. The Kier molecular flexibility index (Phi) is 3.42. The summed E-state index contributed by atoms with van der Waals surface area (Å²) in [6.45, 7) is 0.681. The van der Waals surface area contributed by atoms with Gasteiger partial charge in [0.05, 0.1) is 18.4 Å². The largest absolute Gasteiger partial charge is 0.266 e. The van der Waals surface area contributed by atoms with Crippen LogP contribution in [0, 0.1) is 0 Å². The summed E-state index contributed by atoms with van der Waals surface area (Å²) >= 11 is 3.38. The number of hydrogen-bond acceptors (Lipinski definition) is 2. The van der Waals surface area contributed by atoms with Crippen LogP contribution in [-0.2, 0) is 6.54 Å². The number of benzene rings is 1. The van der Waals surface area contributed by atoms with Gasteiger partial charge in [-0.15, -0.1) is 0 Å². The smallest absolute Gasteiger partial charge is 0.0831 e. The van der Waals surface area contributed by atoms with E-state index in [0.717, 1.165) is 15.7 Å². The molecule has 3 aromatic rings. The molecular formula is C15H12BrN3. The van der Waals surface area contributed by atoms with Gasteiger partial charge in [0.2, 0.25) is 0 Å². The van der Waals surface area contributed by atoms with Crippen LogP contribution >= 0.6 is 15.9 Å². The van der Waals surface area contributed by atoms with Crippen molar-refractivity contribution in [2.24, 2.45) is 0 Å². The average Bonchev–Trinajstić information content (AvgIpc) is 2.91. The molecule has 94 valence electrons. The zero-order valence-electron chi connectivity index (χ0n) is 10.2. The summed E-state index contributed by atoms with van der Waals surface area (Å²) in [5.74, 6) is 0. The molecule has 0 radical (unpaired) electrons. The summed E-state index contributed by atoms with van der Waals surface area (Å²) in [4.78, 5) is 4.35. The molecule has 0 atom stereocenters. The molecular weight excluding hydrogens is 302 g/mol. The van der Waals surface area contributed by atoms with Crippen molar-refractivity contribution in [1.82, 2.24) is 14.8 Å². The molecule has 4 heteroatoms. The normalized spacial score (nSPS) is 10.6. The Balaban J connectivity index is 1.80. The number of aromatic nitrogens is 3. The molecule has 0 bridgehead atoms. The van der Waals surface area contributed by atoms with Crippen LogP contribution in [0.3, 0.4) is 0 Å². The maximum Gasteiger partial charge on any atom is 0.0831 e. The van der Waals surface area contributed by atoms with Gasteiger partial charge in [0.1, 0.15) is 0 Å². The SMILES string of the molecule is Brc1ccc(Cn2cc(-c3ccccc3)cn2)nc1. The zero-order valence-corrected chi connectivity index (χ0v) is 11.8. The van der Waals surface area contributed by atoms with Crippen LogP contribution in [0.2, 0.25) is 0 Å². The first-order chi connectivity index (χ1) is 9.31. The van der Waals surface area contributed by atoms with Gasteiger partial charge < -0.3 is 0 Å². The summed E-state index contributed by atoms with van der Waals surface area (Å²) in [6.07, 6.45) is 5.73. The van der Waals surface area contributed by atoms with Crippen LogP contribution < -0.4 is 0 Å². The summed E-state index contributed by atoms with van der Waals surface area (Å²) < 4.78 is 2.89. The maximum atomic E-state index is 4.38. The standard InChI is InChI=1S/C15H12BrN3/c16-14-6-7-15(17-9-14)11-19-10-13(8-18-19)12-4-2-1-3-5-12/h1-10H,11H2. The minimum atomic E-state index is 0.681. The lowest BCUT2D eigenvalue weighted by molar-refractivity contribution is 0.672. The van der Waals surface area contributed by atoms with Crippen LogP contribution in [0.5, 0.6) is 0 Å². The maximum absolute atomic E-state index is 4.38. The zero-order chi connectivity index (χ0) is 13.1. The van der Waals surface area contributed by atoms with Gasteiger partial charge in [-0.3, -0.25) is 9.67 Å². The van der Waals surface area contributed by atoms with Gasteiger partial charge in [-0.2, -0.15) is 5.10 Å².